The molecule has 0 spiro atoms. The summed E-state index contributed by atoms with van der Waals surface area (Å²) >= 11 is 5.39. The minimum atomic E-state index is -3.90. The van der Waals surface area contributed by atoms with Crippen molar-refractivity contribution in [2.75, 3.05) is 0 Å². The molecule has 1 amide bonds. The van der Waals surface area contributed by atoms with Gasteiger partial charge in [-0.05, 0) is 78.2 Å². The fraction of sp³-hybridized carbons (Fsp3) is 0.205. The van der Waals surface area contributed by atoms with Crippen molar-refractivity contribution in [1.29, 1.82) is 0 Å². The highest BCUT2D eigenvalue weighted by Gasteiger charge is 2.26. The van der Waals surface area contributed by atoms with Gasteiger partial charge in [-0.15, -0.1) is 32.9 Å². The monoisotopic (exact) mass is 1020 g/mol. The molecule has 8 rings (SSSR count). The number of thiazole rings is 2. The van der Waals surface area contributed by atoms with Gasteiger partial charge in [-0.2, -0.15) is 0 Å². The van der Waals surface area contributed by atoms with Crippen LogP contribution in [0.3, 0.4) is 0 Å². The summed E-state index contributed by atoms with van der Waals surface area (Å²) in [7, 11) is -7.71. The van der Waals surface area contributed by atoms with Crippen LogP contribution in [0.2, 0.25) is 0 Å². The zero-order chi connectivity index (χ0) is 45.8. The molecule has 4 aromatic heterocycles. The Kier molecular flexibility index (Phi) is 14.1. The van der Waals surface area contributed by atoms with Crippen molar-refractivity contribution in [2.45, 2.75) is 54.9 Å². The van der Waals surface area contributed by atoms with Crippen molar-refractivity contribution in [1.82, 2.24) is 45.3 Å². The number of ether oxygens (including phenoxy) is 2. The Bertz CT molecular complexity index is 3200. The van der Waals surface area contributed by atoms with Gasteiger partial charge in [0.05, 0.1) is 39.4 Å². The van der Waals surface area contributed by atoms with Crippen LogP contribution in [0.25, 0.3) is 20.4 Å². The van der Waals surface area contributed by atoms with E-state index >= 15 is 0 Å². The van der Waals surface area contributed by atoms with Crippen LogP contribution < -0.4 is 25.1 Å². The molecule has 0 unspecified atom stereocenters. The molecular formula is C39H36BrF2N11O7S4. The number of nitrogens with zero attached hydrogens (tertiary/aromatic N) is 8. The first-order valence-electron chi connectivity index (χ1n) is 18.8. The Balaban J connectivity index is 0.000000197. The van der Waals surface area contributed by atoms with Crippen LogP contribution >= 0.6 is 38.6 Å². The Morgan fingerprint density at radius 2 is 1.39 bits per heavy atom. The molecule has 0 saturated carbocycles. The molecule has 0 bridgehead atoms. The molecule has 0 aliphatic heterocycles. The van der Waals surface area contributed by atoms with E-state index in [4.69, 9.17) is 19.8 Å². The van der Waals surface area contributed by atoms with E-state index in [9.17, 15) is 30.4 Å². The van der Waals surface area contributed by atoms with Gasteiger partial charge in [0.15, 0.2) is 0 Å². The lowest BCUT2D eigenvalue weighted by Crippen LogP contribution is -2.35. The third-order valence-electron chi connectivity index (χ3n) is 8.96. The molecule has 0 fully saturated rings. The van der Waals surface area contributed by atoms with Gasteiger partial charge in [0, 0.05) is 16.6 Å². The fourth-order valence-corrected chi connectivity index (χ4v) is 9.84. The number of carbonyl (C=O) groups excluding carboxylic acids is 1. The molecule has 0 saturated heterocycles. The van der Waals surface area contributed by atoms with E-state index in [2.05, 4.69) is 51.8 Å². The van der Waals surface area contributed by atoms with Crippen molar-refractivity contribution in [3.05, 3.63) is 130 Å². The van der Waals surface area contributed by atoms with Gasteiger partial charge < -0.3 is 14.8 Å². The highest BCUT2D eigenvalue weighted by molar-refractivity contribution is 9.10. The molecule has 4 heterocycles. The number of hydrogen-bond acceptors (Lipinski definition) is 15. The molecule has 5 N–H and O–H groups in total. The predicted octanol–water partition coefficient (Wildman–Crippen LogP) is 5.83. The number of nitrogens with two attached hydrogens (primary N) is 2. The van der Waals surface area contributed by atoms with Crippen LogP contribution in [-0.4, -0.2) is 62.7 Å². The fourth-order valence-electron chi connectivity index (χ4n) is 6.02. The third-order valence-corrected chi connectivity index (χ3v) is 14.1. The number of primary sulfonamides is 2. The lowest BCUT2D eigenvalue weighted by molar-refractivity contribution is -0.126. The minimum absolute atomic E-state index is 0.0348. The first-order valence-corrected chi connectivity index (χ1v) is 24.3. The van der Waals surface area contributed by atoms with Crippen LogP contribution in [0.5, 0.6) is 11.5 Å². The lowest BCUT2D eigenvalue weighted by Gasteiger charge is -2.20. The van der Waals surface area contributed by atoms with Crippen molar-refractivity contribution < 1.29 is 39.9 Å². The van der Waals surface area contributed by atoms with Gasteiger partial charge >= 0.3 is 0 Å². The molecule has 64 heavy (non-hydrogen) atoms. The second kappa shape index (κ2) is 19.5. The van der Waals surface area contributed by atoms with Crippen LogP contribution in [-0.2, 0) is 51.1 Å². The standard InChI is InChI=1S/C22H22F2N6O4S2.C17H14BrN5O3S2/c1-12(2)20(21(31)26-9-13-7-14(23)3-5-17(13)24)30-10-15(28-29-30)11-34-16-4-6-18-19(8-16)35-22(27-18)36(25,32)33;18-12-3-1-2-11(6-12)8-23-9-13(21-22-23)10-26-14-4-5-15-16(7-14)27-17(20-15)28(19,24)25/h3-8,10,12,20H,9,11H2,1-2H3,(H,26,31)(H2,25,32,33);1-7,9H,8,10H2,(H2,19,24,25)/t20-;/m0./s1. The first-order chi connectivity index (χ1) is 30.4. The van der Waals surface area contributed by atoms with Crippen molar-refractivity contribution in [2.24, 2.45) is 16.2 Å². The van der Waals surface area contributed by atoms with E-state index < -0.39 is 43.6 Å². The molecular weight excluding hydrogens is 981 g/mol. The molecule has 8 aromatic rings. The molecule has 18 nitrogen and oxygen atoms in total. The summed E-state index contributed by atoms with van der Waals surface area (Å²) in [4.78, 5) is 20.8. The number of nitrogens with one attached hydrogen (secondary N) is 1. The van der Waals surface area contributed by atoms with E-state index in [1.165, 1.54) is 4.68 Å². The Morgan fingerprint density at radius 3 is 1.97 bits per heavy atom. The van der Waals surface area contributed by atoms with Gasteiger partial charge in [-0.1, -0.05) is 52.3 Å². The number of benzene rings is 4. The molecule has 4 aromatic carbocycles. The SMILES string of the molecule is CC(C)[C@@H](C(=O)NCc1cc(F)ccc1F)n1cc(COc2ccc3nc(S(N)(=O)=O)sc3c2)nn1.NS(=O)(=O)c1nc2ccc(OCc3cn(Cc4cccc(Br)c4)nn3)cc2s1. The highest BCUT2D eigenvalue weighted by atomic mass is 79.9. The largest absolute Gasteiger partial charge is 0.487 e. The molecule has 334 valence electrons. The van der Waals surface area contributed by atoms with E-state index in [0.717, 1.165) is 50.9 Å². The number of amides is 1. The van der Waals surface area contributed by atoms with Crippen molar-refractivity contribution in [3.63, 3.8) is 0 Å². The predicted molar refractivity (Wildman–Crippen MR) is 236 cm³/mol. The number of hydrogen-bond donors (Lipinski definition) is 3. The molecule has 0 aliphatic rings. The van der Waals surface area contributed by atoms with Gasteiger partial charge in [-0.3, -0.25) is 4.79 Å². The Labute approximate surface area is 380 Å². The number of halogens is 3. The number of carbonyl (C=O) groups is 1. The Hall–Kier alpha value is -5.83. The van der Waals surface area contributed by atoms with Crippen molar-refractivity contribution >= 4 is 85.0 Å². The summed E-state index contributed by atoms with van der Waals surface area (Å²) in [5.41, 5.74) is 3.30. The zero-order valence-electron chi connectivity index (χ0n) is 33.5. The second-order valence-corrected chi connectivity index (χ2v) is 20.7. The number of sulfonamides is 2. The average Bonchev–Trinajstić information content (AvgIpc) is 4.06. The van der Waals surface area contributed by atoms with Crippen LogP contribution in [0, 0.1) is 17.6 Å². The summed E-state index contributed by atoms with van der Waals surface area (Å²) in [6, 6.07) is 20.3. The van der Waals surface area contributed by atoms with Crippen molar-refractivity contribution in [3.8, 4) is 11.5 Å². The molecule has 1 atom stereocenters. The number of fused-ring (bicyclic) bond motifs is 2. The number of rotatable bonds is 15. The van der Waals surface area contributed by atoms with Crippen LogP contribution in [0.4, 0.5) is 8.78 Å². The van der Waals surface area contributed by atoms with Crippen LogP contribution in [0.1, 0.15) is 42.4 Å². The van der Waals surface area contributed by atoms with E-state index in [-0.39, 0.29) is 39.9 Å². The zero-order valence-corrected chi connectivity index (χ0v) is 38.4. The summed E-state index contributed by atoms with van der Waals surface area (Å²) in [6.45, 7) is 4.35. The normalized spacial score (nSPS) is 12.3. The van der Waals surface area contributed by atoms with E-state index in [0.29, 0.717) is 49.9 Å². The smallest absolute Gasteiger partial charge is 0.265 e. The molecule has 0 radical (unpaired) electrons. The topological polar surface area (TPSA) is 255 Å². The lowest BCUT2D eigenvalue weighted by atomic mass is 10.0. The average molecular weight is 1020 g/mol. The maximum absolute atomic E-state index is 13.9. The summed E-state index contributed by atoms with van der Waals surface area (Å²) in [6.07, 6.45) is 3.39. The second-order valence-electron chi connectivity index (χ2n) is 14.3. The first kappa shape index (κ1) is 46.2. The summed E-state index contributed by atoms with van der Waals surface area (Å²) < 4.78 is 89.8. The molecule has 25 heteroatoms. The van der Waals surface area contributed by atoms with Gasteiger partial charge in [-0.25, -0.2) is 55.2 Å². The highest BCUT2D eigenvalue weighted by Crippen LogP contribution is 2.30. The van der Waals surface area contributed by atoms with Gasteiger partial charge in [0.2, 0.25) is 14.6 Å². The maximum Gasteiger partial charge on any atom is 0.265 e. The Morgan fingerprint density at radius 1 is 0.797 bits per heavy atom. The van der Waals surface area contributed by atoms with E-state index in [1.807, 2.05) is 44.3 Å². The minimum Gasteiger partial charge on any atom is -0.487 e. The van der Waals surface area contributed by atoms with Gasteiger partial charge in [0.1, 0.15) is 53.8 Å². The molecule has 0 aliphatic carbocycles. The quantitative estimate of drug-likeness (QED) is 0.109. The van der Waals surface area contributed by atoms with E-state index in [1.54, 1.807) is 47.3 Å². The maximum atomic E-state index is 13.9. The van der Waals surface area contributed by atoms with Gasteiger partial charge in [0.25, 0.3) is 20.0 Å². The summed E-state index contributed by atoms with van der Waals surface area (Å²) in [5, 5.41) is 29.2. The third kappa shape index (κ3) is 11.8. The summed E-state index contributed by atoms with van der Waals surface area (Å²) in [5.74, 6) is -0.778. The van der Waals surface area contributed by atoms with Crippen LogP contribution in [0.15, 0.2) is 104 Å². The number of aromatic nitrogens is 8.